The minimum atomic E-state index is -0.623. The molecule has 1 aromatic heterocycles. The van der Waals surface area contributed by atoms with Gasteiger partial charge >= 0.3 is 0 Å². The highest BCUT2D eigenvalue weighted by molar-refractivity contribution is 6.01. The number of fused-ring (bicyclic) bond motifs is 1. The Kier molecular flexibility index (Phi) is 5.59. The first-order chi connectivity index (χ1) is 17.9. The molecule has 1 aliphatic carbocycles. The Morgan fingerprint density at radius 1 is 1.05 bits per heavy atom. The lowest BCUT2D eigenvalue weighted by Gasteiger charge is -2.32. The maximum Gasteiger partial charge on any atom is 0.231 e. The highest BCUT2D eigenvalue weighted by Crippen LogP contribution is 2.60. The van der Waals surface area contributed by atoms with Gasteiger partial charge in [-0.15, -0.1) is 0 Å². The van der Waals surface area contributed by atoms with Crippen LogP contribution in [-0.4, -0.2) is 27.6 Å². The molecule has 3 atom stereocenters. The van der Waals surface area contributed by atoms with Gasteiger partial charge in [0.05, 0.1) is 22.8 Å². The lowest BCUT2D eigenvalue weighted by atomic mass is 9.73. The van der Waals surface area contributed by atoms with Gasteiger partial charge in [-0.25, -0.2) is 9.07 Å². The van der Waals surface area contributed by atoms with Crippen LogP contribution < -0.4 is 10.6 Å². The number of nitrogens with two attached hydrogens (primary N) is 1. The van der Waals surface area contributed by atoms with Crippen molar-refractivity contribution >= 4 is 28.4 Å². The van der Waals surface area contributed by atoms with Gasteiger partial charge in [0.2, 0.25) is 11.8 Å². The standard InChI is InChI=1S/C30H29FN4O2/c1-2-25-27(30(14-15-30)29(32)37)24(16-19-6-4-3-5-7-19)28(36)34(25)23-12-13-26-20(17-23)18-33-35(26)22-10-8-21(31)9-11-22/h3-13,17-18,24-25,27H,2,14-16H2,1H3,(H2,32,37)/t24-,25+,27+/m0/s1. The minimum Gasteiger partial charge on any atom is -0.369 e. The fourth-order valence-electron chi connectivity index (χ4n) is 6.35. The average molecular weight is 497 g/mol. The molecule has 2 amide bonds. The van der Waals surface area contributed by atoms with Crippen molar-refractivity contribution in [2.24, 2.45) is 23.0 Å². The maximum absolute atomic E-state index is 14.1. The summed E-state index contributed by atoms with van der Waals surface area (Å²) in [5.74, 6) is -1.01. The van der Waals surface area contributed by atoms with Gasteiger partial charge in [-0.05, 0) is 73.7 Å². The number of carbonyl (C=O) groups excluding carboxylic acids is 2. The fourth-order valence-corrected chi connectivity index (χ4v) is 6.35. The molecule has 1 saturated heterocycles. The van der Waals surface area contributed by atoms with Gasteiger partial charge in [-0.2, -0.15) is 5.10 Å². The number of anilines is 1. The topological polar surface area (TPSA) is 81.2 Å². The summed E-state index contributed by atoms with van der Waals surface area (Å²) in [7, 11) is 0. The van der Waals surface area contributed by atoms with Gasteiger partial charge in [-0.1, -0.05) is 37.3 Å². The molecule has 1 saturated carbocycles. The molecule has 2 N–H and O–H groups in total. The number of amides is 2. The minimum absolute atomic E-state index is 0.0403. The second-order valence-corrected chi connectivity index (χ2v) is 10.3. The Labute approximate surface area is 214 Å². The van der Waals surface area contributed by atoms with Gasteiger partial charge in [-0.3, -0.25) is 9.59 Å². The first kappa shape index (κ1) is 23.4. The molecule has 188 valence electrons. The molecule has 2 aliphatic rings. The number of aromatic nitrogens is 2. The van der Waals surface area contributed by atoms with Crippen LogP contribution in [0.5, 0.6) is 0 Å². The normalized spacial score (nSPS) is 22.5. The smallest absolute Gasteiger partial charge is 0.231 e. The van der Waals surface area contributed by atoms with Crippen molar-refractivity contribution in [3.63, 3.8) is 0 Å². The van der Waals surface area contributed by atoms with Crippen LogP contribution >= 0.6 is 0 Å². The van der Waals surface area contributed by atoms with Crippen molar-refractivity contribution in [2.45, 2.75) is 38.6 Å². The first-order valence-electron chi connectivity index (χ1n) is 12.8. The van der Waals surface area contributed by atoms with E-state index >= 15 is 0 Å². The molecule has 2 heterocycles. The van der Waals surface area contributed by atoms with Crippen LogP contribution in [0.1, 0.15) is 31.7 Å². The van der Waals surface area contributed by atoms with E-state index in [-0.39, 0.29) is 35.5 Å². The monoisotopic (exact) mass is 496 g/mol. The van der Waals surface area contributed by atoms with Gasteiger partial charge in [0.1, 0.15) is 5.82 Å². The molecule has 6 rings (SSSR count). The largest absolute Gasteiger partial charge is 0.369 e. The summed E-state index contributed by atoms with van der Waals surface area (Å²) >= 11 is 0. The van der Waals surface area contributed by atoms with E-state index in [4.69, 9.17) is 5.73 Å². The number of primary amides is 1. The Morgan fingerprint density at radius 3 is 2.41 bits per heavy atom. The second-order valence-electron chi connectivity index (χ2n) is 10.3. The van der Waals surface area contributed by atoms with E-state index in [1.807, 2.05) is 53.4 Å². The summed E-state index contributed by atoms with van der Waals surface area (Å²) in [5, 5.41) is 5.39. The number of hydrogen-bond donors (Lipinski definition) is 1. The Hall–Kier alpha value is -4.00. The summed E-state index contributed by atoms with van der Waals surface area (Å²) in [5.41, 5.74) is 8.83. The molecule has 6 nitrogen and oxygen atoms in total. The van der Waals surface area contributed by atoms with Crippen LogP contribution in [0.15, 0.2) is 79.0 Å². The highest BCUT2D eigenvalue weighted by Gasteiger charge is 2.64. The predicted octanol–water partition coefficient (Wildman–Crippen LogP) is 5.03. The lowest BCUT2D eigenvalue weighted by molar-refractivity contribution is -0.127. The van der Waals surface area contributed by atoms with E-state index in [1.165, 1.54) is 12.1 Å². The van der Waals surface area contributed by atoms with Crippen LogP contribution in [0.25, 0.3) is 16.6 Å². The molecular formula is C30H29FN4O2. The molecule has 4 aromatic rings. The summed E-state index contributed by atoms with van der Waals surface area (Å²) in [6, 6.07) is 21.9. The molecule has 1 aliphatic heterocycles. The Morgan fingerprint density at radius 2 is 1.76 bits per heavy atom. The summed E-state index contributed by atoms with van der Waals surface area (Å²) in [4.78, 5) is 28.7. The van der Waals surface area contributed by atoms with Gasteiger partial charge in [0, 0.05) is 29.0 Å². The average Bonchev–Trinajstić information content (AvgIpc) is 3.53. The highest BCUT2D eigenvalue weighted by atomic mass is 19.1. The number of hydrogen-bond acceptors (Lipinski definition) is 3. The molecule has 3 aromatic carbocycles. The molecule has 0 unspecified atom stereocenters. The fraction of sp³-hybridized carbons (Fsp3) is 0.300. The van der Waals surface area contributed by atoms with Crippen molar-refractivity contribution in [2.75, 3.05) is 4.90 Å². The van der Waals surface area contributed by atoms with E-state index in [0.29, 0.717) is 6.42 Å². The third kappa shape index (κ3) is 3.80. The number of halogens is 1. The summed E-state index contributed by atoms with van der Waals surface area (Å²) in [6.07, 6.45) is 4.54. The van der Waals surface area contributed by atoms with E-state index in [2.05, 4.69) is 12.0 Å². The van der Waals surface area contributed by atoms with Gasteiger partial charge in [0.15, 0.2) is 0 Å². The van der Waals surface area contributed by atoms with E-state index in [0.717, 1.165) is 47.1 Å². The molecule has 0 radical (unpaired) electrons. The molecule has 0 bridgehead atoms. The maximum atomic E-state index is 14.1. The number of nitrogens with zero attached hydrogens (tertiary/aromatic N) is 3. The zero-order valence-electron chi connectivity index (χ0n) is 20.7. The van der Waals surface area contributed by atoms with Gasteiger partial charge < -0.3 is 10.6 Å². The van der Waals surface area contributed by atoms with Crippen LogP contribution in [-0.2, 0) is 16.0 Å². The quantitative estimate of drug-likeness (QED) is 0.390. The van der Waals surface area contributed by atoms with Crippen molar-refractivity contribution < 1.29 is 14.0 Å². The Balaban J connectivity index is 1.40. The van der Waals surface area contributed by atoms with Crippen LogP contribution in [0.3, 0.4) is 0 Å². The van der Waals surface area contributed by atoms with Crippen LogP contribution in [0.4, 0.5) is 10.1 Å². The predicted molar refractivity (Wildman–Crippen MR) is 141 cm³/mol. The van der Waals surface area contributed by atoms with Crippen LogP contribution in [0.2, 0.25) is 0 Å². The Bertz CT molecular complexity index is 1480. The molecule has 0 spiro atoms. The SMILES string of the molecule is CC[C@@H]1[C@H](C2(C(N)=O)CC2)[C@H](Cc2ccccc2)C(=O)N1c1ccc2c(cnn2-c2ccc(F)cc2)c1. The third-order valence-electron chi connectivity index (χ3n) is 8.27. The van der Waals surface area contributed by atoms with Crippen molar-refractivity contribution in [3.05, 3.63) is 90.4 Å². The lowest BCUT2D eigenvalue weighted by Crippen LogP contribution is -2.42. The zero-order valence-corrected chi connectivity index (χ0v) is 20.7. The van der Waals surface area contributed by atoms with Crippen molar-refractivity contribution in [1.29, 1.82) is 0 Å². The molecule has 7 heteroatoms. The number of rotatable bonds is 7. The van der Waals surface area contributed by atoms with E-state index in [9.17, 15) is 14.0 Å². The molecular weight excluding hydrogens is 467 g/mol. The van der Waals surface area contributed by atoms with E-state index in [1.54, 1.807) is 23.0 Å². The number of carbonyl (C=O) groups is 2. The summed E-state index contributed by atoms with van der Waals surface area (Å²) < 4.78 is 15.2. The number of benzene rings is 3. The van der Waals surface area contributed by atoms with Crippen LogP contribution in [0, 0.1) is 23.1 Å². The van der Waals surface area contributed by atoms with Gasteiger partial charge in [0.25, 0.3) is 0 Å². The molecule has 2 fully saturated rings. The second kappa shape index (κ2) is 8.83. The molecule has 37 heavy (non-hydrogen) atoms. The third-order valence-corrected chi connectivity index (χ3v) is 8.27. The van der Waals surface area contributed by atoms with Crippen molar-refractivity contribution in [1.82, 2.24) is 9.78 Å². The zero-order chi connectivity index (χ0) is 25.7. The van der Waals surface area contributed by atoms with Crippen molar-refractivity contribution in [3.8, 4) is 5.69 Å². The summed E-state index contributed by atoms with van der Waals surface area (Å²) in [6.45, 7) is 2.07. The first-order valence-corrected chi connectivity index (χ1v) is 12.8. The van der Waals surface area contributed by atoms with E-state index < -0.39 is 5.41 Å².